The maximum atomic E-state index is 13.1. The van der Waals surface area contributed by atoms with Gasteiger partial charge in [-0.15, -0.1) is 0 Å². The lowest BCUT2D eigenvalue weighted by Crippen LogP contribution is -2.54. The lowest BCUT2D eigenvalue weighted by Gasteiger charge is -2.26. The minimum absolute atomic E-state index is 0.192. The highest BCUT2D eigenvalue weighted by Crippen LogP contribution is 2.28. The maximum absolute atomic E-state index is 13.1. The molecule has 0 radical (unpaired) electrons. The molecule has 0 saturated carbocycles. The van der Waals surface area contributed by atoms with Crippen LogP contribution in [0.25, 0.3) is 17.4 Å². The largest absolute Gasteiger partial charge is 0.457 e. The van der Waals surface area contributed by atoms with Crippen molar-refractivity contribution in [3.63, 3.8) is 0 Å². The van der Waals surface area contributed by atoms with Crippen molar-refractivity contribution in [1.29, 1.82) is 0 Å². The molecule has 1 aliphatic rings. The molecule has 0 aliphatic carbocycles. The Balaban J connectivity index is 1.63. The number of anilines is 1. The average Bonchev–Trinajstić information content (AvgIpc) is 3.25. The molecule has 32 heavy (non-hydrogen) atoms. The van der Waals surface area contributed by atoms with Crippen LogP contribution in [0.4, 0.5) is 10.5 Å². The summed E-state index contributed by atoms with van der Waals surface area (Å²) in [5.74, 6) is -0.278. The van der Waals surface area contributed by atoms with Gasteiger partial charge in [0.25, 0.3) is 11.8 Å². The summed E-state index contributed by atoms with van der Waals surface area (Å²) < 4.78 is 5.78. The van der Waals surface area contributed by atoms with Crippen LogP contribution in [0.1, 0.15) is 37.5 Å². The SMILES string of the molecule is CCC(C)c1ccc(N2C(=O)NC(=O)/C(=C/c3ccc(-c4cccc(Cl)c4)o3)C2=O)cc1. The van der Waals surface area contributed by atoms with E-state index in [0.717, 1.165) is 22.4 Å². The van der Waals surface area contributed by atoms with Crippen LogP contribution in [0.5, 0.6) is 0 Å². The number of urea groups is 1. The Hall–Kier alpha value is -3.64. The predicted molar refractivity (Wildman–Crippen MR) is 123 cm³/mol. The third-order valence-electron chi connectivity index (χ3n) is 5.46. The highest BCUT2D eigenvalue weighted by Gasteiger charge is 2.37. The average molecular weight is 449 g/mol. The lowest BCUT2D eigenvalue weighted by molar-refractivity contribution is -0.122. The van der Waals surface area contributed by atoms with Gasteiger partial charge in [-0.1, -0.05) is 49.7 Å². The topological polar surface area (TPSA) is 79.6 Å². The molecule has 4 amide bonds. The summed E-state index contributed by atoms with van der Waals surface area (Å²) >= 11 is 6.03. The number of barbiturate groups is 1. The van der Waals surface area contributed by atoms with Crippen molar-refractivity contribution in [2.75, 3.05) is 4.90 Å². The molecule has 7 heteroatoms. The Morgan fingerprint density at radius 2 is 1.81 bits per heavy atom. The summed E-state index contributed by atoms with van der Waals surface area (Å²) in [6.45, 7) is 4.20. The summed E-state index contributed by atoms with van der Waals surface area (Å²) in [5.41, 5.74) is 2.07. The van der Waals surface area contributed by atoms with Crippen molar-refractivity contribution in [1.82, 2.24) is 5.32 Å². The highest BCUT2D eigenvalue weighted by molar-refractivity contribution is 6.39. The van der Waals surface area contributed by atoms with Gasteiger partial charge in [0.05, 0.1) is 5.69 Å². The molecule has 0 spiro atoms. The normalized spacial score (nSPS) is 16.4. The summed E-state index contributed by atoms with van der Waals surface area (Å²) in [7, 11) is 0. The Bertz CT molecular complexity index is 1230. The second kappa shape index (κ2) is 8.85. The molecule has 4 rings (SSSR count). The fourth-order valence-corrected chi connectivity index (χ4v) is 3.64. The molecule has 1 N–H and O–H groups in total. The zero-order valence-electron chi connectivity index (χ0n) is 17.6. The number of halogens is 1. The Labute approximate surface area is 190 Å². The number of carbonyl (C=O) groups excluding carboxylic acids is 3. The van der Waals surface area contributed by atoms with Crippen LogP contribution in [0.3, 0.4) is 0 Å². The number of hydrogen-bond donors (Lipinski definition) is 1. The molecule has 6 nitrogen and oxygen atoms in total. The van der Waals surface area contributed by atoms with Crippen LogP contribution < -0.4 is 10.2 Å². The summed E-state index contributed by atoms with van der Waals surface area (Å²) in [6, 6.07) is 16.9. The van der Waals surface area contributed by atoms with Gasteiger partial charge in [0.1, 0.15) is 17.1 Å². The van der Waals surface area contributed by atoms with Crippen molar-refractivity contribution in [3.8, 4) is 11.3 Å². The minimum atomic E-state index is -0.785. The van der Waals surface area contributed by atoms with E-state index < -0.39 is 17.8 Å². The predicted octanol–water partition coefficient (Wildman–Crippen LogP) is 5.78. The van der Waals surface area contributed by atoms with Gasteiger partial charge in [-0.3, -0.25) is 14.9 Å². The van der Waals surface area contributed by atoms with E-state index in [-0.39, 0.29) is 5.57 Å². The van der Waals surface area contributed by atoms with E-state index in [4.69, 9.17) is 16.0 Å². The van der Waals surface area contributed by atoms with Gasteiger partial charge in [-0.2, -0.15) is 0 Å². The smallest absolute Gasteiger partial charge is 0.335 e. The second-order valence-electron chi connectivity index (χ2n) is 7.57. The Kier molecular flexibility index (Phi) is 5.97. The molecule has 162 valence electrons. The standard InChI is InChI=1S/C25H21ClN2O4/c1-3-15(2)16-7-9-19(10-8-16)28-24(30)21(23(29)27-25(28)31)14-20-11-12-22(32-20)17-5-4-6-18(26)13-17/h4-15H,3H2,1-2H3,(H,27,29,31)/b21-14-. The first-order chi connectivity index (χ1) is 15.4. The molecule has 1 aromatic heterocycles. The molecule has 2 aromatic carbocycles. The number of amides is 4. The molecule has 1 atom stereocenters. The highest BCUT2D eigenvalue weighted by atomic mass is 35.5. The molecule has 1 saturated heterocycles. The summed E-state index contributed by atoms with van der Waals surface area (Å²) in [4.78, 5) is 38.8. The number of hydrogen-bond acceptors (Lipinski definition) is 4. The fourth-order valence-electron chi connectivity index (χ4n) is 3.45. The number of nitrogens with one attached hydrogen (secondary N) is 1. The maximum Gasteiger partial charge on any atom is 0.335 e. The fraction of sp³-hybridized carbons (Fsp3) is 0.160. The van der Waals surface area contributed by atoms with Crippen molar-refractivity contribution in [2.45, 2.75) is 26.2 Å². The van der Waals surface area contributed by atoms with Gasteiger partial charge in [-0.05, 0) is 60.4 Å². The first-order valence-corrected chi connectivity index (χ1v) is 10.6. The molecular formula is C25H21ClN2O4. The van der Waals surface area contributed by atoms with Crippen LogP contribution in [0.2, 0.25) is 5.02 Å². The second-order valence-corrected chi connectivity index (χ2v) is 8.01. The molecule has 1 aliphatic heterocycles. The van der Waals surface area contributed by atoms with Crippen molar-refractivity contribution < 1.29 is 18.8 Å². The zero-order valence-corrected chi connectivity index (χ0v) is 18.3. The van der Waals surface area contributed by atoms with Crippen molar-refractivity contribution in [3.05, 3.63) is 82.6 Å². The molecular weight excluding hydrogens is 428 g/mol. The number of furan rings is 1. The van der Waals surface area contributed by atoms with Gasteiger partial charge in [-0.25, -0.2) is 9.69 Å². The third kappa shape index (κ3) is 4.22. The van der Waals surface area contributed by atoms with E-state index in [1.54, 1.807) is 42.5 Å². The van der Waals surface area contributed by atoms with Crippen LogP contribution in [0.15, 0.2) is 70.7 Å². The Morgan fingerprint density at radius 3 is 2.50 bits per heavy atom. The van der Waals surface area contributed by atoms with E-state index in [1.807, 2.05) is 18.2 Å². The summed E-state index contributed by atoms with van der Waals surface area (Å²) in [6.07, 6.45) is 2.31. The molecule has 0 bridgehead atoms. The molecule has 2 heterocycles. The first-order valence-electron chi connectivity index (χ1n) is 10.2. The number of nitrogens with zero attached hydrogens (tertiary/aromatic N) is 1. The number of rotatable bonds is 5. The van der Waals surface area contributed by atoms with Crippen LogP contribution >= 0.6 is 11.6 Å². The molecule has 3 aromatic rings. The third-order valence-corrected chi connectivity index (χ3v) is 5.69. The van der Waals surface area contributed by atoms with E-state index in [0.29, 0.717) is 28.1 Å². The number of imide groups is 2. The van der Waals surface area contributed by atoms with Crippen LogP contribution in [0, 0.1) is 0 Å². The van der Waals surface area contributed by atoms with Gasteiger partial charge in [0, 0.05) is 10.6 Å². The molecule has 1 unspecified atom stereocenters. The summed E-state index contributed by atoms with van der Waals surface area (Å²) in [5, 5.41) is 2.79. The van der Waals surface area contributed by atoms with E-state index in [9.17, 15) is 14.4 Å². The van der Waals surface area contributed by atoms with Gasteiger partial charge < -0.3 is 4.42 Å². The van der Waals surface area contributed by atoms with Gasteiger partial charge >= 0.3 is 6.03 Å². The quantitative estimate of drug-likeness (QED) is 0.396. The van der Waals surface area contributed by atoms with Gasteiger partial charge in [0.2, 0.25) is 0 Å². The van der Waals surface area contributed by atoms with Crippen LogP contribution in [-0.2, 0) is 9.59 Å². The number of carbonyl (C=O) groups is 3. The monoisotopic (exact) mass is 448 g/mol. The van der Waals surface area contributed by atoms with E-state index in [1.165, 1.54) is 6.08 Å². The zero-order chi connectivity index (χ0) is 22.8. The van der Waals surface area contributed by atoms with Crippen molar-refractivity contribution in [2.24, 2.45) is 0 Å². The number of benzene rings is 2. The Morgan fingerprint density at radius 1 is 1.06 bits per heavy atom. The van der Waals surface area contributed by atoms with E-state index >= 15 is 0 Å². The first kappa shape index (κ1) is 21.6. The minimum Gasteiger partial charge on any atom is -0.457 e. The van der Waals surface area contributed by atoms with E-state index in [2.05, 4.69) is 19.2 Å². The van der Waals surface area contributed by atoms with Crippen LogP contribution in [-0.4, -0.2) is 17.8 Å². The van der Waals surface area contributed by atoms with Gasteiger partial charge in [0.15, 0.2) is 0 Å². The molecule has 1 fully saturated rings. The van der Waals surface area contributed by atoms with Crippen molar-refractivity contribution >= 4 is 41.2 Å². The lowest BCUT2D eigenvalue weighted by atomic mass is 9.98.